The molecule has 4 heterocycles. The Balaban J connectivity index is 1.40. The van der Waals surface area contributed by atoms with Crippen molar-refractivity contribution in [1.82, 2.24) is 15.2 Å². The Bertz CT molecular complexity index is 1170. The predicted molar refractivity (Wildman–Crippen MR) is 165 cm³/mol. The number of thioether (sulfide) groups is 2. The molecule has 224 valence electrons. The normalized spacial score (nSPS) is 25.3. The number of hydrogen-bond acceptors (Lipinski definition) is 10. The fraction of sp³-hybridized carbons (Fsp3) is 0.655. The van der Waals surface area contributed by atoms with Crippen LogP contribution in [0.25, 0.3) is 0 Å². The number of nitrogens with one attached hydrogen (secondary N) is 1. The Morgan fingerprint density at radius 2 is 2.10 bits per heavy atom. The largest absolute Gasteiger partial charge is 0.456 e. The molecule has 41 heavy (non-hydrogen) atoms. The van der Waals surface area contributed by atoms with Gasteiger partial charge in [-0.2, -0.15) is 0 Å². The average Bonchev–Trinajstić information content (AvgIpc) is 3.71. The monoisotopic (exact) mass is 620 g/mol. The van der Waals surface area contributed by atoms with Crippen LogP contribution >= 0.6 is 34.9 Å². The van der Waals surface area contributed by atoms with E-state index < -0.39 is 23.7 Å². The van der Waals surface area contributed by atoms with Crippen molar-refractivity contribution in [2.24, 2.45) is 4.99 Å². The van der Waals surface area contributed by atoms with Crippen molar-refractivity contribution in [2.45, 2.75) is 102 Å². The molecular weight excluding hydrogens is 581 g/mol. The van der Waals surface area contributed by atoms with Gasteiger partial charge in [0.15, 0.2) is 5.12 Å². The molecule has 4 rings (SSSR count). The van der Waals surface area contributed by atoms with E-state index in [9.17, 15) is 19.2 Å². The van der Waals surface area contributed by atoms with E-state index in [1.807, 2.05) is 18.4 Å². The molecule has 1 aromatic heterocycles. The number of nitrogens with zero attached hydrogens (tertiary/aromatic N) is 3. The molecule has 1 aromatic rings. The van der Waals surface area contributed by atoms with Crippen LogP contribution in [0.4, 0.5) is 0 Å². The lowest BCUT2D eigenvalue weighted by Gasteiger charge is -2.30. The third-order valence-electron chi connectivity index (χ3n) is 7.33. The molecule has 12 heteroatoms. The molecule has 4 bridgehead atoms. The van der Waals surface area contributed by atoms with Gasteiger partial charge in [0.2, 0.25) is 5.91 Å². The molecule has 1 N–H and O–H groups in total. The minimum Gasteiger partial charge on any atom is -0.456 e. The summed E-state index contributed by atoms with van der Waals surface area (Å²) in [5.74, 6) is 0.169. The zero-order valence-corrected chi connectivity index (χ0v) is 26.3. The summed E-state index contributed by atoms with van der Waals surface area (Å²) >= 11 is 4.24. The highest BCUT2D eigenvalue weighted by Crippen LogP contribution is 2.35. The third-order valence-corrected chi connectivity index (χ3v) is 10.4. The van der Waals surface area contributed by atoms with E-state index in [4.69, 9.17) is 9.73 Å². The number of cyclic esters (lactones) is 1. The summed E-state index contributed by atoms with van der Waals surface area (Å²) in [5.41, 5.74) is -0.263. The summed E-state index contributed by atoms with van der Waals surface area (Å²) in [6.07, 6.45) is 10.8. The molecule has 1 saturated heterocycles. The SMILES string of the molecule is CCCCCCCC(=O)SCCC=CC1CC(=O)NCc2nc(cs2)C2=NC(C)(CS2)C(=O)N2CCCC2C(=O)O1. The van der Waals surface area contributed by atoms with Gasteiger partial charge in [0.05, 0.1) is 13.0 Å². The number of carbonyl (C=O) groups is 4. The number of carbonyl (C=O) groups excluding carboxylic acids is 4. The molecule has 3 aliphatic heterocycles. The Kier molecular flexibility index (Phi) is 11.9. The van der Waals surface area contributed by atoms with Crippen LogP contribution in [0, 0.1) is 0 Å². The van der Waals surface area contributed by atoms with Crippen molar-refractivity contribution in [3.63, 3.8) is 0 Å². The molecule has 3 aliphatic rings. The van der Waals surface area contributed by atoms with Crippen LogP contribution in [-0.2, 0) is 30.5 Å². The first-order valence-electron chi connectivity index (χ1n) is 14.6. The van der Waals surface area contributed by atoms with Crippen LogP contribution < -0.4 is 5.32 Å². The Labute approximate surface area is 254 Å². The summed E-state index contributed by atoms with van der Waals surface area (Å²) in [6.45, 7) is 4.71. The maximum absolute atomic E-state index is 13.6. The van der Waals surface area contributed by atoms with Gasteiger partial charge in [-0.1, -0.05) is 50.4 Å². The second kappa shape index (κ2) is 15.3. The van der Waals surface area contributed by atoms with Gasteiger partial charge in [-0.3, -0.25) is 19.4 Å². The van der Waals surface area contributed by atoms with E-state index in [2.05, 4.69) is 17.2 Å². The number of fused-ring (bicyclic) bond motifs is 5. The zero-order chi connectivity index (χ0) is 29.2. The molecule has 3 atom stereocenters. The Hall–Kier alpha value is -2.18. The standard InChI is InChI=1S/C29H40N4O5S3/c1-3-4-5-6-7-13-25(35)39-15-9-8-11-20-16-23(34)30-17-24-31-21(18-40-24)26-32-29(2,19-41-26)28(37)33-14-10-12-22(33)27(36)38-20/h8,11,18,20,22H,3-7,9-10,12-17,19H2,1-2H3,(H,30,34). The van der Waals surface area contributed by atoms with E-state index in [1.165, 1.54) is 54.1 Å². The van der Waals surface area contributed by atoms with Gasteiger partial charge < -0.3 is 15.0 Å². The summed E-state index contributed by atoms with van der Waals surface area (Å²) < 4.78 is 5.83. The zero-order valence-electron chi connectivity index (χ0n) is 23.9. The summed E-state index contributed by atoms with van der Waals surface area (Å²) in [4.78, 5) is 62.9. The van der Waals surface area contributed by atoms with Gasteiger partial charge in [-0.05, 0) is 38.7 Å². The fourth-order valence-corrected chi connectivity index (χ4v) is 7.72. The first kappa shape index (κ1) is 31.7. The Morgan fingerprint density at radius 3 is 2.93 bits per heavy atom. The van der Waals surface area contributed by atoms with Crippen molar-refractivity contribution in [2.75, 3.05) is 18.1 Å². The van der Waals surface area contributed by atoms with Gasteiger partial charge in [-0.25, -0.2) is 9.78 Å². The Morgan fingerprint density at radius 1 is 1.27 bits per heavy atom. The van der Waals surface area contributed by atoms with Crippen LogP contribution in [0.3, 0.4) is 0 Å². The lowest BCUT2D eigenvalue weighted by molar-refractivity contribution is -0.157. The minimum absolute atomic E-state index is 0.0365. The van der Waals surface area contributed by atoms with Crippen molar-refractivity contribution in [3.8, 4) is 0 Å². The van der Waals surface area contributed by atoms with Crippen molar-refractivity contribution in [1.29, 1.82) is 0 Å². The molecule has 3 unspecified atom stereocenters. The minimum atomic E-state index is -0.970. The molecule has 0 aromatic carbocycles. The number of allylic oxidation sites excluding steroid dienone is 1. The maximum Gasteiger partial charge on any atom is 0.329 e. The number of ether oxygens (including phenoxy) is 1. The molecule has 0 spiro atoms. The number of hydrogen-bond donors (Lipinski definition) is 1. The summed E-state index contributed by atoms with van der Waals surface area (Å²) in [6, 6.07) is -0.702. The van der Waals surface area contributed by atoms with E-state index in [1.54, 1.807) is 11.0 Å². The number of rotatable bonds is 10. The number of amides is 2. The predicted octanol–water partition coefficient (Wildman–Crippen LogP) is 4.88. The van der Waals surface area contributed by atoms with Crippen molar-refractivity contribution in [3.05, 3.63) is 28.2 Å². The van der Waals surface area contributed by atoms with Gasteiger partial charge in [0.25, 0.3) is 5.91 Å². The van der Waals surface area contributed by atoms with Crippen LogP contribution in [0.15, 0.2) is 22.5 Å². The topological polar surface area (TPSA) is 118 Å². The van der Waals surface area contributed by atoms with Gasteiger partial charge >= 0.3 is 5.97 Å². The first-order valence-corrected chi connectivity index (χ1v) is 17.4. The maximum atomic E-state index is 13.6. The van der Waals surface area contributed by atoms with E-state index >= 15 is 0 Å². The van der Waals surface area contributed by atoms with Crippen molar-refractivity contribution >= 4 is 62.8 Å². The molecule has 0 radical (unpaired) electrons. The fourth-order valence-electron chi connectivity index (χ4n) is 5.03. The molecule has 0 saturated carbocycles. The van der Waals surface area contributed by atoms with Gasteiger partial charge in [-0.15, -0.1) is 23.1 Å². The number of aromatic nitrogens is 1. The summed E-state index contributed by atoms with van der Waals surface area (Å²) in [5, 5.41) is 6.42. The van der Waals surface area contributed by atoms with E-state index in [0.29, 0.717) is 54.5 Å². The lowest BCUT2D eigenvalue weighted by Crippen LogP contribution is -2.51. The molecule has 1 fully saturated rings. The third kappa shape index (κ3) is 8.90. The van der Waals surface area contributed by atoms with Gasteiger partial charge in [0, 0.05) is 29.9 Å². The number of aliphatic imine (C=N–C) groups is 1. The van der Waals surface area contributed by atoms with Gasteiger partial charge in [0.1, 0.15) is 33.4 Å². The molecule has 0 aliphatic carbocycles. The second-order valence-electron chi connectivity index (χ2n) is 10.8. The smallest absolute Gasteiger partial charge is 0.329 e. The highest BCUT2D eigenvalue weighted by atomic mass is 32.2. The second-order valence-corrected chi connectivity index (χ2v) is 13.9. The highest BCUT2D eigenvalue weighted by molar-refractivity contribution is 8.14. The highest BCUT2D eigenvalue weighted by Gasteiger charge is 2.46. The first-order chi connectivity index (χ1) is 19.8. The number of thiazole rings is 1. The quantitative estimate of drug-likeness (QED) is 0.223. The van der Waals surface area contributed by atoms with Crippen molar-refractivity contribution < 1.29 is 23.9 Å². The van der Waals surface area contributed by atoms with Crippen LogP contribution in [0.5, 0.6) is 0 Å². The molecule has 2 amide bonds. The van der Waals surface area contributed by atoms with E-state index in [0.717, 1.165) is 17.8 Å². The average molecular weight is 621 g/mol. The molecular formula is C29H40N4O5S3. The number of unbranched alkanes of at least 4 members (excludes halogenated alkanes) is 4. The van der Waals surface area contributed by atoms with Crippen LogP contribution in [0.1, 0.15) is 88.8 Å². The number of esters is 1. The van der Waals surface area contributed by atoms with E-state index in [-0.39, 0.29) is 29.9 Å². The lowest BCUT2D eigenvalue weighted by atomic mass is 10.0. The van der Waals surface area contributed by atoms with Crippen LogP contribution in [-0.4, -0.2) is 73.6 Å². The molecule has 9 nitrogen and oxygen atoms in total. The summed E-state index contributed by atoms with van der Waals surface area (Å²) in [7, 11) is 0. The van der Waals surface area contributed by atoms with Crippen LogP contribution in [0.2, 0.25) is 0 Å².